The Morgan fingerprint density at radius 1 is 1.50 bits per heavy atom. The molecule has 0 spiro atoms. The minimum atomic E-state index is -0.507. The number of carbonyl (C=O) groups is 3. The van der Waals surface area contributed by atoms with Gasteiger partial charge in [-0.25, -0.2) is 4.79 Å². The lowest BCUT2D eigenvalue weighted by molar-refractivity contribution is -0.140. The molecule has 14 heavy (non-hydrogen) atoms. The number of ether oxygens (including phenoxy) is 1. The summed E-state index contributed by atoms with van der Waals surface area (Å²) in [6.07, 6.45) is 1.23. The van der Waals surface area contributed by atoms with E-state index in [1.165, 1.54) is 7.11 Å². The third-order valence-corrected chi connectivity index (χ3v) is 1.96. The highest BCUT2D eigenvalue weighted by Crippen LogP contribution is 2.05. The molecule has 78 valence electrons. The second kappa shape index (κ2) is 4.59. The summed E-state index contributed by atoms with van der Waals surface area (Å²) >= 11 is 0. The van der Waals surface area contributed by atoms with Crippen molar-refractivity contribution in [1.29, 1.82) is 0 Å². The van der Waals surface area contributed by atoms with Gasteiger partial charge in [0, 0.05) is 6.42 Å². The Hall–Kier alpha value is -1.59. The lowest BCUT2D eigenvalue weighted by atomic mass is 10.1. The molecule has 2 N–H and O–H groups in total. The molecule has 0 aromatic rings. The second-order valence-corrected chi connectivity index (χ2v) is 2.98. The van der Waals surface area contributed by atoms with Crippen LogP contribution in [0.3, 0.4) is 0 Å². The summed E-state index contributed by atoms with van der Waals surface area (Å²) in [6, 6.07) is -0.981. The van der Waals surface area contributed by atoms with Crippen molar-refractivity contribution in [2.24, 2.45) is 0 Å². The third-order valence-electron chi connectivity index (χ3n) is 1.96. The van der Waals surface area contributed by atoms with E-state index in [-0.39, 0.29) is 18.3 Å². The summed E-state index contributed by atoms with van der Waals surface area (Å²) in [4.78, 5) is 32.4. The highest BCUT2D eigenvalue weighted by atomic mass is 16.5. The maximum Gasteiger partial charge on any atom is 0.322 e. The summed E-state index contributed by atoms with van der Waals surface area (Å²) in [6.45, 7) is 0. The predicted octanol–water partition coefficient (Wildman–Crippen LogP) is -0.462. The molecule has 1 saturated heterocycles. The van der Waals surface area contributed by atoms with Crippen LogP contribution >= 0.6 is 0 Å². The molecule has 6 heteroatoms. The Labute approximate surface area is 81.0 Å². The van der Waals surface area contributed by atoms with Gasteiger partial charge < -0.3 is 10.1 Å². The Kier molecular flexibility index (Phi) is 3.44. The standard InChI is InChI=1S/C8H12N2O4/c1-14-6(11)4-2-3-5-7(12)10-8(13)9-5/h5H,2-4H2,1H3,(H2,9,10,12,13). The first-order valence-electron chi connectivity index (χ1n) is 4.31. The molecule has 1 fully saturated rings. The fourth-order valence-electron chi connectivity index (χ4n) is 1.21. The molecule has 0 aromatic heterocycles. The van der Waals surface area contributed by atoms with Crippen molar-refractivity contribution in [3.63, 3.8) is 0 Å². The van der Waals surface area contributed by atoms with Crippen LogP contribution in [0.25, 0.3) is 0 Å². The summed E-state index contributed by atoms with van der Waals surface area (Å²) in [7, 11) is 1.31. The molecule has 3 amide bonds. The van der Waals surface area contributed by atoms with Crippen LogP contribution in [-0.2, 0) is 14.3 Å². The Morgan fingerprint density at radius 3 is 2.71 bits per heavy atom. The van der Waals surface area contributed by atoms with E-state index in [1.54, 1.807) is 0 Å². The van der Waals surface area contributed by atoms with Gasteiger partial charge in [0.1, 0.15) is 6.04 Å². The van der Waals surface area contributed by atoms with Crippen LogP contribution < -0.4 is 10.6 Å². The van der Waals surface area contributed by atoms with Crippen LogP contribution in [0, 0.1) is 0 Å². The summed E-state index contributed by atoms with van der Waals surface area (Å²) in [5.74, 6) is -0.644. The van der Waals surface area contributed by atoms with Crippen LogP contribution in [0.1, 0.15) is 19.3 Å². The molecular formula is C8H12N2O4. The SMILES string of the molecule is COC(=O)CCCC1NC(=O)NC1=O. The highest BCUT2D eigenvalue weighted by Gasteiger charge is 2.28. The Balaban J connectivity index is 2.22. The minimum absolute atomic E-state index is 0.260. The van der Waals surface area contributed by atoms with Crippen molar-refractivity contribution in [3.8, 4) is 0 Å². The molecule has 1 heterocycles. The average Bonchev–Trinajstić information content (AvgIpc) is 2.45. The fourth-order valence-corrected chi connectivity index (χ4v) is 1.21. The van der Waals surface area contributed by atoms with Gasteiger partial charge in [-0.05, 0) is 12.8 Å². The smallest absolute Gasteiger partial charge is 0.322 e. The van der Waals surface area contributed by atoms with E-state index in [0.29, 0.717) is 12.8 Å². The van der Waals surface area contributed by atoms with Gasteiger partial charge in [0.05, 0.1) is 7.11 Å². The van der Waals surface area contributed by atoms with Gasteiger partial charge in [0.25, 0.3) is 5.91 Å². The van der Waals surface area contributed by atoms with E-state index in [1.807, 2.05) is 0 Å². The first kappa shape index (κ1) is 10.5. The predicted molar refractivity (Wildman–Crippen MR) is 46.3 cm³/mol. The summed E-state index contributed by atoms with van der Waals surface area (Å²) < 4.78 is 4.44. The highest BCUT2D eigenvalue weighted by molar-refractivity contribution is 6.04. The zero-order chi connectivity index (χ0) is 10.6. The first-order chi connectivity index (χ1) is 6.63. The van der Waals surface area contributed by atoms with Gasteiger partial charge in [-0.1, -0.05) is 0 Å². The van der Waals surface area contributed by atoms with E-state index in [4.69, 9.17) is 0 Å². The lowest BCUT2D eigenvalue weighted by Gasteiger charge is -2.05. The number of nitrogens with one attached hydrogen (secondary N) is 2. The maximum atomic E-state index is 11.0. The van der Waals surface area contributed by atoms with E-state index in [2.05, 4.69) is 15.4 Å². The Bertz CT molecular complexity index is 264. The normalized spacial score (nSPS) is 20.2. The molecule has 1 atom stereocenters. The fraction of sp³-hybridized carbons (Fsp3) is 0.625. The topological polar surface area (TPSA) is 84.5 Å². The van der Waals surface area contributed by atoms with Crippen molar-refractivity contribution in [1.82, 2.24) is 10.6 Å². The molecule has 1 unspecified atom stereocenters. The van der Waals surface area contributed by atoms with Crippen LogP contribution in [0.4, 0.5) is 4.79 Å². The van der Waals surface area contributed by atoms with Gasteiger partial charge in [0.15, 0.2) is 0 Å². The van der Waals surface area contributed by atoms with Gasteiger partial charge >= 0.3 is 12.0 Å². The Morgan fingerprint density at radius 2 is 2.21 bits per heavy atom. The third kappa shape index (κ3) is 2.72. The second-order valence-electron chi connectivity index (χ2n) is 2.98. The van der Waals surface area contributed by atoms with Crippen LogP contribution in [0.2, 0.25) is 0 Å². The van der Waals surface area contributed by atoms with Gasteiger partial charge in [-0.3, -0.25) is 14.9 Å². The van der Waals surface area contributed by atoms with Crippen LogP contribution in [-0.4, -0.2) is 31.1 Å². The lowest BCUT2D eigenvalue weighted by Crippen LogP contribution is -2.28. The molecule has 0 saturated carbocycles. The number of carbonyl (C=O) groups excluding carboxylic acids is 3. The number of hydrogen-bond donors (Lipinski definition) is 2. The molecule has 0 radical (unpaired) electrons. The number of rotatable bonds is 4. The number of esters is 1. The van der Waals surface area contributed by atoms with E-state index >= 15 is 0 Å². The molecule has 1 aliphatic heterocycles. The van der Waals surface area contributed by atoms with Gasteiger partial charge in [-0.2, -0.15) is 0 Å². The zero-order valence-corrected chi connectivity index (χ0v) is 7.83. The molecule has 1 rings (SSSR count). The number of imide groups is 1. The van der Waals surface area contributed by atoms with Crippen LogP contribution in [0.5, 0.6) is 0 Å². The largest absolute Gasteiger partial charge is 0.469 e. The van der Waals surface area contributed by atoms with E-state index < -0.39 is 12.1 Å². The minimum Gasteiger partial charge on any atom is -0.469 e. The molecule has 0 aromatic carbocycles. The number of methoxy groups -OCH3 is 1. The first-order valence-corrected chi connectivity index (χ1v) is 4.31. The zero-order valence-electron chi connectivity index (χ0n) is 7.83. The molecule has 0 aliphatic carbocycles. The van der Waals surface area contributed by atoms with E-state index in [9.17, 15) is 14.4 Å². The van der Waals surface area contributed by atoms with Crippen molar-refractivity contribution in [2.45, 2.75) is 25.3 Å². The van der Waals surface area contributed by atoms with Crippen molar-refractivity contribution >= 4 is 17.9 Å². The van der Waals surface area contributed by atoms with Crippen molar-refractivity contribution in [2.75, 3.05) is 7.11 Å². The number of amides is 3. The molecular weight excluding hydrogens is 188 g/mol. The van der Waals surface area contributed by atoms with E-state index in [0.717, 1.165) is 0 Å². The number of hydrogen-bond acceptors (Lipinski definition) is 4. The van der Waals surface area contributed by atoms with Gasteiger partial charge in [-0.15, -0.1) is 0 Å². The molecule has 1 aliphatic rings. The monoisotopic (exact) mass is 200 g/mol. The molecule has 0 bridgehead atoms. The average molecular weight is 200 g/mol. The summed E-state index contributed by atoms with van der Waals surface area (Å²) in [5.41, 5.74) is 0. The molecule has 6 nitrogen and oxygen atoms in total. The maximum absolute atomic E-state index is 11.0. The van der Waals surface area contributed by atoms with Crippen molar-refractivity contribution in [3.05, 3.63) is 0 Å². The van der Waals surface area contributed by atoms with Gasteiger partial charge in [0.2, 0.25) is 0 Å². The quantitative estimate of drug-likeness (QED) is 0.475. The van der Waals surface area contributed by atoms with Crippen LogP contribution in [0.15, 0.2) is 0 Å². The summed E-state index contributed by atoms with van der Waals surface area (Å²) in [5, 5.41) is 4.56. The van der Waals surface area contributed by atoms with Crippen molar-refractivity contribution < 1.29 is 19.1 Å². The number of urea groups is 1.